The second kappa shape index (κ2) is 28.2. The number of allylic oxidation sites excluding steroid dienone is 6. The molecule has 8 aromatic carbocycles. The predicted octanol–water partition coefficient (Wildman–Crippen LogP) is 11.3. The Bertz CT molecular complexity index is 4220. The van der Waals surface area contributed by atoms with Crippen molar-refractivity contribution in [2.24, 2.45) is 0 Å². The largest absolute Gasteiger partial charge is 0.488 e. The average Bonchev–Trinajstić information content (AvgIpc) is 1.76. The first-order valence-corrected chi connectivity index (χ1v) is 31.6. The van der Waals surface area contributed by atoms with E-state index in [1.54, 1.807) is 26.0 Å². The van der Waals surface area contributed by atoms with Gasteiger partial charge >= 0.3 is 14.2 Å². The predicted molar refractivity (Wildman–Crippen MR) is 376 cm³/mol. The van der Waals surface area contributed by atoms with Crippen molar-refractivity contribution >= 4 is 75.6 Å². The van der Waals surface area contributed by atoms with Crippen molar-refractivity contribution in [1.82, 2.24) is 20.4 Å². The van der Waals surface area contributed by atoms with Gasteiger partial charge in [0.25, 0.3) is 0 Å². The molecule has 14 heteroatoms. The van der Waals surface area contributed by atoms with Crippen molar-refractivity contribution in [1.29, 1.82) is 0 Å². The number of hydrogen-bond donors (Lipinski definition) is 6. The SMILES string of the molecule is C=C(C)C(=O)NCCCN(Cc1ccccc1B(O)O)Cc1c2ccccc2c(CN(CCCNC(=O)C(=C)C)Cc2ccccc2B(O)O)c2cc(-c3cccc(-c4ccc5c(c4)C(C)(C)/C(=C/C=C/C=C/C4=[N+](C)c6ccccc6C4(C)C)N5C)c3)ccc12. The average molecular weight is 1210 g/mol. The third-order valence-electron chi connectivity index (χ3n) is 18.3. The molecule has 0 aliphatic carbocycles. The van der Waals surface area contributed by atoms with Crippen molar-refractivity contribution in [2.75, 3.05) is 45.2 Å². The highest BCUT2D eigenvalue weighted by molar-refractivity contribution is 6.59. The zero-order valence-corrected chi connectivity index (χ0v) is 53.9. The van der Waals surface area contributed by atoms with Crippen LogP contribution in [0.1, 0.15) is 87.8 Å². The number of nitrogens with zero attached hydrogens (tertiary/aromatic N) is 4. The first kappa shape index (κ1) is 65.2. The number of anilines is 1. The summed E-state index contributed by atoms with van der Waals surface area (Å²) in [6.45, 7) is 24.0. The minimum atomic E-state index is -1.67. The molecule has 0 bridgehead atoms. The van der Waals surface area contributed by atoms with Gasteiger partial charge in [-0.3, -0.25) is 19.4 Å². The summed E-state index contributed by atoms with van der Waals surface area (Å²) in [5, 5.41) is 52.6. The molecule has 0 saturated carbocycles. The number of para-hydroxylation sites is 1. The lowest BCUT2D eigenvalue weighted by Crippen LogP contribution is -2.36. The highest BCUT2D eigenvalue weighted by Gasteiger charge is 2.43. The summed E-state index contributed by atoms with van der Waals surface area (Å²) >= 11 is 0. The number of amides is 2. The molecule has 12 nitrogen and oxygen atoms in total. The van der Waals surface area contributed by atoms with Gasteiger partial charge in [-0.1, -0.05) is 173 Å². The van der Waals surface area contributed by atoms with Gasteiger partial charge in [0, 0.05) is 105 Å². The number of likely N-dealkylation sites (N-methyl/N-ethyl adjacent to an activating group) is 1. The van der Waals surface area contributed by atoms with Gasteiger partial charge in [0.05, 0.1) is 5.41 Å². The first-order valence-electron chi connectivity index (χ1n) is 31.6. The lowest BCUT2D eigenvalue weighted by atomic mass is 9.77. The van der Waals surface area contributed by atoms with Gasteiger partial charge in [-0.2, -0.15) is 4.58 Å². The van der Waals surface area contributed by atoms with Crippen LogP contribution >= 0.6 is 0 Å². The molecule has 0 unspecified atom stereocenters. The number of carbonyl (C=O) groups is 2. The van der Waals surface area contributed by atoms with Crippen LogP contribution in [0.2, 0.25) is 0 Å². The van der Waals surface area contributed by atoms with E-state index in [0.29, 0.717) is 87.3 Å². The molecule has 2 amide bonds. The molecule has 2 heterocycles. The fraction of sp³-hybridized carbons (Fsp3) is 0.260. The maximum atomic E-state index is 12.7. The minimum absolute atomic E-state index is 0.0958. The van der Waals surface area contributed by atoms with E-state index >= 15 is 0 Å². The molecule has 0 saturated heterocycles. The van der Waals surface area contributed by atoms with Crippen LogP contribution in [-0.4, -0.2) is 107 Å². The molecule has 8 aromatic rings. The number of rotatable bonds is 25. The molecule has 0 spiro atoms. The van der Waals surface area contributed by atoms with E-state index in [1.807, 2.05) is 36.4 Å². The lowest BCUT2D eigenvalue weighted by Gasteiger charge is -2.28. The topological polar surface area (TPSA) is 152 Å². The number of carbonyl (C=O) groups excluding carboxylic acids is 2. The van der Waals surface area contributed by atoms with Gasteiger partial charge in [0.1, 0.15) is 7.05 Å². The van der Waals surface area contributed by atoms with Crippen LogP contribution in [0.3, 0.4) is 0 Å². The highest BCUT2D eigenvalue weighted by atomic mass is 16.4. The van der Waals surface area contributed by atoms with E-state index in [2.05, 4.69) is 224 Å². The molecule has 0 radical (unpaired) electrons. The maximum absolute atomic E-state index is 12.7. The molecule has 2 aliphatic rings. The summed E-state index contributed by atoms with van der Waals surface area (Å²) in [5.74, 6) is -0.394. The molecule has 464 valence electrons. The molecule has 0 fully saturated rings. The molecular formula is C77H85B2N6O6+. The van der Waals surface area contributed by atoms with Gasteiger partial charge < -0.3 is 35.6 Å². The van der Waals surface area contributed by atoms with Crippen molar-refractivity contribution in [2.45, 2.75) is 91.4 Å². The Morgan fingerprint density at radius 2 is 1.04 bits per heavy atom. The molecule has 10 rings (SSSR count). The van der Waals surface area contributed by atoms with Gasteiger partial charge in [-0.05, 0) is 153 Å². The number of fused-ring (bicyclic) bond motifs is 4. The Balaban J connectivity index is 1.03. The van der Waals surface area contributed by atoms with Crippen LogP contribution in [-0.2, 0) is 46.6 Å². The summed E-state index contributed by atoms with van der Waals surface area (Å²) in [7, 11) is 0.979. The molecule has 0 aromatic heterocycles. The smallest absolute Gasteiger partial charge is 0.423 e. The van der Waals surface area contributed by atoms with Crippen LogP contribution in [0.15, 0.2) is 218 Å². The van der Waals surface area contributed by atoms with Gasteiger partial charge in [0.15, 0.2) is 5.71 Å². The van der Waals surface area contributed by atoms with E-state index in [9.17, 15) is 29.7 Å². The van der Waals surface area contributed by atoms with Crippen LogP contribution in [0.4, 0.5) is 11.4 Å². The lowest BCUT2D eigenvalue weighted by molar-refractivity contribution is -0.401. The number of benzene rings is 8. The fourth-order valence-corrected chi connectivity index (χ4v) is 13.5. The summed E-state index contributed by atoms with van der Waals surface area (Å²) in [5.41, 5.74) is 16.9. The van der Waals surface area contributed by atoms with Crippen molar-refractivity contribution in [3.63, 3.8) is 0 Å². The van der Waals surface area contributed by atoms with E-state index in [-0.39, 0.29) is 22.6 Å². The Morgan fingerprint density at radius 1 is 0.549 bits per heavy atom. The standard InChI is InChI=1S/C77H84B2N6O6/c1-52(2)74(86)80-41-23-43-84(48-58-25-14-19-32-68(58)78(88)89)50-64-60-29-16-17-30-61(60)65(51-85(44-24-42-81-75(87)53(3)4)49-59-26-15-20-33-69(59)79(90)91)63-46-56(37-39-62(63)64)54-27-22-28-55(45-54)57-38-40-71-67(47-57)77(7,8)73(83(71)10)36-13-11-12-35-72-76(5,6)66-31-18-21-34-70(66)82(72)9/h11-22,25-40,45-47,88-91H,1,3,23-24,41-44,48-51H2,2,4-10H3,(H-,80,81,86,87)/p+1. The van der Waals surface area contributed by atoms with Crippen molar-refractivity contribution < 1.29 is 34.3 Å². The monoisotopic (exact) mass is 1210 g/mol. The van der Waals surface area contributed by atoms with E-state index in [1.165, 1.54) is 33.9 Å². The third-order valence-corrected chi connectivity index (χ3v) is 18.3. The molecule has 91 heavy (non-hydrogen) atoms. The zero-order chi connectivity index (χ0) is 64.7. The summed E-state index contributed by atoms with van der Waals surface area (Å²) in [4.78, 5) is 32.3. The Kier molecular flexibility index (Phi) is 20.2. The van der Waals surface area contributed by atoms with Crippen LogP contribution in [0.25, 0.3) is 43.8 Å². The Hall–Kier alpha value is -8.72. The van der Waals surface area contributed by atoms with Crippen molar-refractivity contribution in [3.05, 3.63) is 251 Å². The number of hydrogen-bond acceptors (Lipinski definition) is 9. The summed E-state index contributed by atoms with van der Waals surface area (Å²) in [6.07, 6.45) is 12.1. The Morgan fingerprint density at radius 3 is 1.60 bits per heavy atom. The zero-order valence-electron chi connectivity index (χ0n) is 53.9. The fourth-order valence-electron chi connectivity index (χ4n) is 13.5. The molecule has 0 atom stereocenters. The van der Waals surface area contributed by atoms with Crippen LogP contribution < -0.4 is 26.5 Å². The van der Waals surface area contributed by atoms with Gasteiger partial charge in [0.2, 0.25) is 17.5 Å². The maximum Gasteiger partial charge on any atom is 0.488 e. The van der Waals surface area contributed by atoms with Gasteiger partial charge in [-0.15, -0.1) is 0 Å². The molecular weight excluding hydrogens is 1130 g/mol. The summed E-state index contributed by atoms with van der Waals surface area (Å²) in [6, 6.07) is 54.3. The van der Waals surface area contributed by atoms with Crippen LogP contribution in [0.5, 0.6) is 0 Å². The normalized spacial score (nSPS) is 14.6. The van der Waals surface area contributed by atoms with E-state index < -0.39 is 14.2 Å². The molecule has 2 aliphatic heterocycles. The number of nitrogens with one attached hydrogen (secondary N) is 2. The first-order chi connectivity index (χ1) is 43.6. The minimum Gasteiger partial charge on any atom is -0.423 e. The highest BCUT2D eigenvalue weighted by Crippen LogP contribution is 2.49. The van der Waals surface area contributed by atoms with E-state index in [0.717, 1.165) is 66.1 Å². The quantitative estimate of drug-likeness (QED) is 0.00820. The third kappa shape index (κ3) is 14.3. The van der Waals surface area contributed by atoms with Gasteiger partial charge in [-0.25, -0.2) is 0 Å². The van der Waals surface area contributed by atoms with Crippen LogP contribution in [0, 0.1) is 0 Å². The second-order valence-electron chi connectivity index (χ2n) is 25.5. The van der Waals surface area contributed by atoms with Crippen molar-refractivity contribution in [3.8, 4) is 22.3 Å². The summed E-state index contributed by atoms with van der Waals surface area (Å²) < 4.78 is 2.30. The second-order valence-corrected chi connectivity index (χ2v) is 25.5. The molecule has 6 N–H and O–H groups in total. The van der Waals surface area contributed by atoms with E-state index in [4.69, 9.17) is 0 Å². The Labute approximate surface area is 537 Å².